The molecule has 0 saturated carbocycles. The van der Waals surface area contributed by atoms with Gasteiger partial charge in [-0.15, -0.1) is 0 Å². The largest absolute Gasteiger partial charge is 0.481 e. The highest BCUT2D eigenvalue weighted by molar-refractivity contribution is 6.30. The van der Waals surface area contributed by atoms with Crippen LogP contribution in [0.3, 0.4) is 0 Å². The fourth-order valence-corrected chi connectivity index (χ4v) is 5.85. The van der Waals surface area contributed by atoms with Gasteiger partial charge in [-0.25, -0.2) is 0 Å². The van der Waals surface area contributed by atoms with Crippen LogP contribution in [0.4, 0.5) is 11.4 Å². The van der Waals surface area contributed by atoms with Crippen molar-refractivity contribution in [2.24, 2.45) is 0 Å². The first-order valence-electron chi connectivity index (χ1n) is 13.5. The van der Waals surface area contributed by atoms with Gasteiger partial charge < -0.3 is 20.2 Å². The van der Waals surface area contributed by atoms with Crippen molar-refractivity contribution in [2.75, 3.05) is 30.9 Å². The van der Waals surface area contributed by atoms with E-state index in [1.807, 2.05) is 69.2 Å². The summed E-state index contributed by atoms with van der Waals surface area (Å²) in [5, 5.41) is 12.8. The molecule has 0 saturated heterocycles. The van der Waals surface area contributed by atoms with E-state index in [4.69, 9.17) is 11.6 Å². The lowest BCUT2D eigenvalue weighted by atomic mass is 9.84. The average molecular weight is 562 g/mol. The third-order valence-corrected chi connectivity index (χ3v) is 7.94. The number of carbonyl (C=O) groups excluding carboxylic acids is 2. The van der Waals surface area contributed by atoms with Crippen molar-refractivity contribution in [1.29, 1.82) is 0 Å². The second-order valence-corrected chi connectivity index (χ2v) is 11.1. The number of hydrogen-bond acceptors (Lipinski definition) is 4. The number of aryl methyl sites for hydroxylation is 2. The Morgan fingerprint density at radius 2 is 1.77 bits per heavy atom. The van der Waals surface area contributed by atoms with E-state index in [9.17, 15) is 19.5 Å². The van der Waals surface area contributed by atoms with Crippen LogP contribution in [0, 0.1) is 13.8 Å². The number of likely N-dealkylation sites (N-methyl/N-ethyl adjacent to an activating group) is 1. The first kappa shape index (κ1) is 29.3. The van der Waals surface area contributed by atoms with Crippen molar-refractivity contribution in [3.63, 3.8) is 0 Å². The van der Waals surface area contributed by atoms with Crippen LogP contribution in [0.2, 0.25) is 5.02 Å². The van der Waals surface area contributed by atoms with Crippen LogP contribution >= 0.6 is 11.6 Å². The molecule has 3 aromatic carbocycles. The van der Waals surface area contributed by atoms with Gasteiger partial charge in [0.05, 0.1) is 0 Å². The molecular weight excluding hydrogens is 526 g/mol. The predicted octanol–water partition coefficient (Wildman–Crippen LogP) is 6.53. The van der Waals surface area contributed by atoms with Gasteiger partial charge in [-0.2, -0.15) is 0 Å². The molecule has 0 aromatic heterocycles. The number of amides is 2. The molecule has 2 N–H and O–H groups in total. The molecule has 0 spiro atoms. The molecule has 7 nitrogen and oxygen atoms in total. The second-order valence-electron chi connectivity index (χ2n) is 10.7. The summed E-state index contributed by atoms with van der Waals surface area (Å²) >= 11 is 6.44. The molecule has 1 heterocycles. The Morgan fingerprint density at radius 3 is 2.45 bits per heavy atom. The van der Waals surface area contributed by atoms with Gasteiger partial charge in [0.15, 0.2) is 0 Å². The molecule has 40 heavy (non-hydrogen) atoms. The fraction of sp³-hybridized carbons (Fsp3) is 0.344. The van der Waals surface area contributed by atoms with Crippen molar-refractivity contribution < 1.29 is 19.5 Å². The third-order valence-electron chi connectivity index (χ3n) is 7.71. The monoisotopic (exact) mass is 561 g/mol. The van der Waals surface area contributed by atoms with Crippen LogP contribution in [0.25, 0.3) is 0 Å². The number of carboxylic acids is 1. The zero-order valence-corrected chi connectivity index (χ0v) is 24.2. The third kappa shape index (κ3) is 6.54. The molecule has 210 valence electrons. The van der Waals surface area contributed by atoms with Gasteiger partial charge in [0.25, 0.3) is 11.8 Å². The number of benzene rings is 3. The Labute approximate surface area is 240 Å². The molecule has 2 unspecified atom stereocenters. The zero-order chi connectivity index (χ0) is 29.0. The van der Waals surface area contributed by atoms with Gasteiger partial charge in [0, 0.05) is 52.4 Å². The van der Waals surface area contributed by atoms with Crippen LogP contribution in [0.5, 0.6) is 0 Å². The number of anilines is 2. The molecule has 2 atom stereocenters. The van der Waals surface area contributed by atoms with Gasteiger partial charge in [0.2, 0.25) is 0 Å². The van der Waals surface area contributed by atoms with E-state index in [1.54, 1.807) is 24.3 Å². The molecule has 3 aromatic rings. The molecule has 4 rings (SSSR count). The van der Waals surface area contributed by atoms with Gasteiger partial charge in [-0.05, 0) is 106 Å². The Bertz CT molecular complexity index is 1420. The molecule has 8 heteroatoms. The minimum atomic E-state index is -0.822. The minimum Gasteiger partial charge on any atom is -0.481 e. The normalized spacial score (nSPS) is 15.8. The maximum atomic E-state index is 14.0. The van der Waals surface area contributed by atoms with Crippen LogP contribution in [-0.2, 0) is 4.79 Å². The van der Waals surface area contributed by atoms with Crippen molar-refractivity contribution >= 4 is 40.8 Å². The summed E-state index contributed by atoms with van der Waals surface area (Å²) in [7, 11) is 3.93. The molecule has 1 aliphatic heterocycles. The Morgan fingerprint density at radius 1 is 1.02 bits per heavy atom. The van der Waals surface area contributed by atoms with Crippen LogP contribution in [0.1, 0.15) is 69.0 Å². The molecule has 1 aliphatic rings. The number of nitrogens with zero attached hydrogens (tertiary/aromatic N) is 2. The number of rotatable bonds is 8. The molecule has 0 radical (unpaired) electrons. The van der Waals surface area contributed by atoms with E-state index in [-0.39, 0.29) is 30.2 Å². The summed E-state index contributed by atoms with van der Waals surface area (Å²) in [6.07, 6.45) is 2.15. The zero-order valence-electron chi connectivity index (χ0n) is 23.4. The summed E-state index contributed by atoms with van der Waals surface area (Å²) in [5.41, 5.74) is 5.20. The second kappa shape index (κ2) is 12.7. The van der Waals surface area contributed by atoms with Crippen LogP contribution in [-0.4, -0.2) is 54.5 Å². The molecular formula is C32H36ClN3O4. The predicted molar refractivity (Wildman–Crippen MR) is 160 cm³/mol. The summed E-state index contributed by atoms with van der Waals surface area (Å²) in [4.78, 5) is 42.0. The van der Waals surface area contributed by atoms with E-state index >= 15 is 0 Å². The highest BCUT2D eigenvalue weighted by Crippen LogP contribution is 2.41. The number of hydrogen-bond donors (Lipinski definition) is 2. The quantitative estimate of drug-likeness (QED) is 0.326. The maximum absolute atomic E-state index is 14.0. The summed E-state index contributed by atoms with van der Waals surface area (Å²) < 4.78 is 0. The lowest BCUT2D eigenvalue weighted by Gasteiger charge is -2.33. The first-order chi connectivity index (χ1) is 19.1. The number of nitrogens with one attached hydrogen (secondary N) is 1. The number of aliphatic carboxylic acids is 1. The smallest absolute Gasteiger partial charge is 0.303 e. The van der Waals surface area contributed by atoms with Crippen molar-refractivity contribution in [3.05, 3.63) is 93.5 Å². The van der Waals surface area contributed by atoms with Crippen LogP contribution < -0.4 is 10.2 Å². The van der Waals surface area contributed by atoms with E-state index in [0.717, 1.165) is 35.2 Å². The number of carbonyl (C=O) groups is 3. The standard InChI is InChI=1S/C32H36ClN3O4/c1-20-8-5-6-9-24(20)31(39)34-23-12-13-25(21(2)18-23)32(40)36-17-7-10-26(27-19-22(33)11-14-29(27)36)28(35(3)4)15-16-30(37)38/h5-6,8-9,11-14,18-19,26,28H,7,10,15-17H2,1-4H3,(H,34,39)(H,37,38). The number of fused-ring (bicyclic) bond motifs is 1. The molecule has 2 amide bonds. The Hall–Kier alpha value is -3.68. The fourth-order valence-electron chi connectivity index (χ4n) is 5.67. The van der Waals surface area contributed by atoms with Gasteiger partial charge in [0.1, 0.15) is 0 Å². The van der Waals surface area contributed by atoms with Crippen molar-refractivity contribution in [3.8, 4) is 0 Å². The molecule has 0 fully saturated rings. The lowest BCUT2D eigenvalue weighted by Crippen LogP contribution is -2.35. The van der Waals surface area contributed by atoms with Crippen molar-refractivity contribution in [1.82, 2.24) is 4.90 Å². The topological polar surface area (TPSA) is 90.0 Å². The summed E-state index contributed by atoms with van der Waals surface area (Å²) in [6, 6.07) is 18.3. The number of halogens is 1. The summed E-state index contributed by atoms with van der Waals surface area (Å²) in [5.74, 6) is -1.11. The Balaban J connectivity index is 1.62. The van der Waals surface area contributed by atoms with Crippen molar-refractivity contribution in [2.45, 2.75) is 51.5 Å². The molecule has 0 bridgehead atoms. The highest BCUT2D eigenvalue weighted by atomic mass is 35.5. The van der Waals surface area contributed by atoms with Crippen LogP contribution in [0.15, 0.2) is 60.7 Å². The summed E-state index contributed by atoms with van der Waals surface area (Å²) in [6.45, 7) is 4.30. The SMILES string of the molecule is Cc1ccccc1C(=O)Nc1ccc(C(=O)N2CCCC(C(CCC(=O)O)N(C)C)c3cc(Cl)ccc32)c(C)c1. The van der Waals surface area contributed by atoms with Gasteiger partial charge >= 0.3 is 5.97 Å². The van der Waals surface area contributed by atoms with Gasteiger partial charge in [-0.3, -0.25) is 14.4 Å². The average Bonchev–Trinajstić information content (AvgIpc) is 3.08. The highest BCUT2D eigenvalue weighted by Gasteiger charge is 2.33. The van der Waals surface area contributed by atoms with E-state index in [1.165, 1.54) is 0 Å². The first-order valence-corrected chi connectivity index (χ1v) is 13.9. The minimum absolute atomic E-state index is 0.0127. The van der Waals surface area contributed by atoms with E-state index < -0.39 is 5.97 Å². The maximum Gasteiger partial charge on any atom is 0.303 e. The van der Waals surface area contributed by atoms with E-state index in [0.29, 0.717) is 34.8 Å². The molecule has 0 aliphatic carbocycles. The Kier molecular flexibility index (Phi) is 9.28. The number of carboxylic acid groups (broad SMARTS) is 1. The lowest BCUT2D eigenvalue weighted by molar-refractivity contribution is -0.137. The van der Waals surface area contributed by atoms with Gasteiger partial charge in [-0.1, -0.05) is 29.8 Å². The van der Waals surface area contributed by atoms with E-state index in [2.05, 4.69) is 10.2 Å².